The third-order valence-electron chi connectivity index (χ3n) is 3.77. The van der Waals surface area contributed by atoms with Crippen molar-refractivity contribution in [1.29, 1.82) is 0 Å². The number of amides is 1. The molecule has 27 heavy (non-hydrogen) atoms. The van der Waals surface area contributed by atoms with Crippen LogP contribution in [0.4, 0.5) is 15.1 Å². The van der Waals surface area contributed by atoms with E-state index in [-0.39, 0.29) is 17.7 Å². The number of carbonyl (C=O) groups excluding carboxylic acids is 1. The van der Waals surface area contributed by atoms with Gasteiger partial charge in [-0.15, -0.1) is 4.99 Å². The molecule has 2 heterocycles. The summed E-state index contributed by atoms with van der Waals surface area (Å²) in [6.45, 7) is 0.562. The lowest BCUT2D eigenvalue weighted by Gasteiger charge is -2.31. The number of carbonyl (C=O) groups is 1. The van der Waals surface area contributed by atoms with E-state index >= 15 is 0 Å². The zero-order chi connectivity index (χ0) is 19.4. The number of halogens is 1. The van der Waals surface area contributed by atoms with Gasteiger partial charge in [-0.05, 0) is 0 Å². The zero-order valence-electron chi connectivity index (χ0n) is 14.0. The average Bonchev–Trinajstić information content (AvgIpc) is 2.60. The number of ether oxygens (including phenoxy) is 1. The Morgan fingerprint density at radius 2 is 2.00 bits per heavy atom. The van der Waals surface area contributed by atoms with Crippen molar-refractivity contribution in [3.05, 3.63) is 42.0 Å². The molecule has 1 aromatic heterocycles. The Labute approximate surface area is 153 Å². The number of nitrogens with zero attached hydrogens (tertiary/aromatic N) is 5. The first-order valence-corrected chi connectivity index (χ1v) is 7.79. The summed E-state index contributed by atoms with van der Waals surface area (Å²) in [5.74, 6) is -0.551. The molecule has 5 N–H and O–H groups in total. The minimum Gasteiger partial charge on any atom is -0.443 e. The molecule has 0 atom stereocenters. The van der Waals surface area contributed by atoms with Crippen LogP contribution in [0.2, 0.25) is 0 Å². The van der Waals surface area contributed by atoms with E-state index in [2.05, 4.69) is 20.1 Å². The number of hydrogen-bond donors (Lipinski definition) is 3. The molecular weight excluding hydrogens is 357 g/mol. The number of aromatic nitrogens is 2. The lowest BCUT2D eigenvalue weighted by Crippen LogP contribution is -2.48. The number of nitrogens with two attached hydrogens (primary N) is 2. The number of rotatable bonds is 4. The van der Waals surface area contributed by atoms with Crippen molar-refractivity contribution in [3.8, 4) is 11.1 Å². The molecule has 0 aliphatic carbocycles. The Morgan fingerprint density at radius 3 is 2.63 bits per heavy atom. The van der Waals surface area contributed by atoms with Crippen LogP contribution in [-0.2, 0) is 11.3 Å². The van der Waals surface area contributed by atoms with E-state index in [1.54, 1.807) is 17.0 Å². The highest BCUT2D eigenvalue weighted by Crippen LogP contribution is 2.25. The molecule has 3 rings (SSSR count). The molecular formula is C16H16FN7O3. The first-order valence-electron chi connectivity index (χ1n) is 7.79. The molecule has 10 nitrogen and oxygen atoms in total. The molecule has 1 aliphatic heterocycles. The summed E-state index contributed by atoms with van der Waals surface area (Å²) in [6, 6.07) is 4.66. The summed E-state index contributed by atoms with van der Waals surface area (Å²) in [5, 5.41) is 11.8. The fourth-order valence-electron chi connectivity index (χ4n) is 2.41. The molecule has 0 spiro atoms. The van der Waals surface area contributed by atoms with Crippen molar-refractivity contribution in [2.45, 2.75) is 6.61 Å². The van der Waals surface area contributed by atoms with E-state index < -0.39 is 17.9 Å². The Balaban J connectivity index is 1.73. The van der Waals surface area contributed by atoms with Crippen LogP contribution in [0.5, 0.6) is 0 Å². The van der Waals surface area contributed by atoms with Gasteiger partial charge in [-0.2, -0.15) is 0 Å². The molecule has 1 fully saturated rings. The fraction of sp³-hybridized carbons (Fsp3) is 0.188. The van der Waals surface area contributed by atoms with E-state index in [4.69, 9.17) is 21.4 Å². The number of aliphatic imine (C=N–C) groups is 1. The number of hydrogen-bond acceptors (Lipinski definition) is 7. The highest BCUT2D eigenvalue weighted by atomic mass is 19.1. The number of anilines is 1. The van der Waals surface area contributed by atoms with E-state index in [1.165, 1.54) is 18.5 Å². The molecule has 0 bridgehead atoms. The summed E-state index contributed by atoms with van der Waals surface area (Å²) >= 11 is 0. The van der Waals surface area contributed by atoms with Crippen molar-refractivity contribution in [1.82, 2.24) is 9.97 Å². The van der Waals surface area contributed by atoms with Gasteiger partial charge in [-0.25, -0.2) is 19.2 Å². The second-order valence-electron chi connectivity index (χ2n) is 5.66. The third kappa shape index (κ3) is 4.08. The quantitative estimate of drug-likeness (QED) is 0.308. The fourth-order valence-corrected chi connectivity index (χ4v) is 2.41. The van der Waals surface area contributed by atoms with Crippen LogP contribution >= 0.6 is 0 Å². The number of oxime groups is 1. The highest BCUT2D eigenvalue weighted by Gasteiger charge is 2.24. The Morgan fingerprint density at radius 1 is 1.30 bits per heavy atom. The molecule has 1 saturated heterocycles. The lowest BCUT2D eigenvalue weighted by molar-refractivity contribution is 0.149. The van der Waals surface area contributed by atoms with Crippen molar-refractivity contribution >= 4 is 23.7 Å². The predicted molar refractivity (Wildman–Crippen MR) is 94.9 cm³/mol. The molecule has 140 valence electrons. The molecule has 0 saturated carbocycles. The Hall–Kier alpha value is -3.76. The van der Waals surface area contributed by atoms with Crippen LogP contribution in [0.1, 0.15) is 5.56 Å². The van der Waals surface area contributed by atoms with Gasteiger partial charge in [0.1, 0.15) is 12.4 Å². The van der Waals surface area contributed by atoms with E-state index in [0.717, 1.165) is 0 Å². The number of benzene rings is 1. The largest absolute Gasteiger partial charge is 0.443 e. The molecule has 1 aromatic carbocycles. The normalized spacial score (nSPS) is 12.9. The summed E-state index contributed by atoms with van der Waals surface area (Å²) in [7, 11) is 0. The van der Waals surface area contributed by atoms with E-state index in [9.17, 15) is 9.18 Å². The van der Waals surface area contributed by atoms with Crippen LogP contribution in [-0.4, -0.2) is 46.0 Å². The van der Waals surface area contributed by atoms with E-state index in [1.807, 2.05) is 0 Å². The molecule has 0 unspecified atom stereocenters. The maximum Gasteiger partial charge on any atom is 0.437 e. The van der Waals surface area contributed by atoms with Gasteiger partial charge < -0.3 is 26.3 Å². The zero-order valence-corrected chi connectivity index (χ0v) is 14.0. The summed E-state index contributed by atoms with van der Waals surface area (Å²) in [6.07, 6.45) is 1.97. The van der Waals surface area contributed by atoms with Crippen molar-refractivity contribution in [2.75, 3.05) is 18.0 Å². The Kier molecular flexibility index (Phi) is 5.11. The minimum absolute atomic E-state index is 0.155. The van der Waals surface area contributed by atoms with Gasteiger partial charge in [-0.1, -0.05) is 23.4 Å². The topological polar surface area (TPSA) is 152 Å². The van der Waals surface area contributed by atoms with Crippen molar-refractivity contribution in [3.63, 3.8) is 0 Å². The predicted octanol–water partition coefficient (Wildman–Crippen LogP) is 0.843. The van der Waals surface area contributed by atoms with Crippen LogP contribution in [0, 0.1) is 5.82 Å². The van der Waals surface area contributed by atoms with Gasteiger partial charge in [0.15, 0.2) is 5.96 Å². The smallest absolute Gasteiger partial charge is 0.437 e. The maximum atomic E-state index is 14.7. The summed E-state index contributed by atoms with van der Waals surface area (Å²) in [5.41, 5.74) is 11.7. The highest BCUT2D eigenvalue weighted by molar-refractivity contribution is 5.98. The average molecular weight is 373 g/mol. The van der Waals surface area contributed by atoms with Crippen molar-refractivity contribution < 1.29 is 19.1 Å². The lowest BCUT2D eigenvalue weighted by atomic mass is 10.1. The van der Waals surface area contributed by atoms with Gasteiger partial charge in [-0.3, -0.25) is 0 Å². The molecule has 0 radical (unpaired) electrons. The first-order chi connectivity index (χ1) is 13.0. The van der Waals surface area contributed by atoms with Gasteiger partial charge in [0.05, 0.1) is 18.8 Å². The first kappa shape index (κ1) is 18.0. The maximum absolute atomic E-state index is 14.7. The molecule has 11 heteroatoms. The molecule has 1 amide bonds. The monoisotopic (exact) mass is 373 g/mol. The molecule has 1 aliphatic rings. The second kappa shape index (κ2) is 7.64. The SMILES string of the molecule is NC(N)=NC(=O)OCc1cccc(-c2cnc(N3CC(=NO)C3)nc2)c1F. The summed E-state index contributed by atoms with van der Waals surface area (Å²) in [4.78, 5) is 24.7. The van der Waals surface area contributed by atoms with Gasteiger partial charge >= 0.3 is 6.09 Å². The van der Waals surface area contributed by atoms with Crippen LogP contribution in [0.15, 0.2) is 40.7 Å². The van der Waals surface area contributed by atoms with Gasteiger partial charge in [0.2, 0.25) is 5.95 Å². The van der Waals surface area contributed by atoms with E-state index in [0.29, 0.717) is 30.3 Å². The number of guanidine groups is 1. The summed E-state index contributed by atoms with van der Waals surface area (Å²) < 4.78 is 19.5. The van der Waals surface area contributed by atoms with Crippen molar-refractivity contribution in [2.24, 2.45) is 21.6 Å². The van der Waals surface area contributed by atoms with Crippen LogP contribution < -0.4 is 16.4 Å². The van der Waals surface area contributed by atoms with Gasteiger partial charge in [0, 0.05) is 29.1 Å². The van der Waals surface area contributed by atoms with Gasteiger partial charge in [0.25, 0.3) is 0 Å². The standard InChI is InChI=1S/C16H16FN7O3/c17-13-9(8-27-16(25)22-14(18)19)2-1-3-12(13)10-4-20-15(21-5-10)24-6-11(7-24)23-26/h1-5,26H,6-8H2,(H4,18,19,22,25). The molecule has 2 aromatic rings. The minimum atomic E-state index is -1.01. The van der Waals surface area contributed by atoms with Crippen LogP contribution in [0.25, 0.3) is 11.1 Å². The Bertz CT molecular complexity index is 903. The second-order valence-corrected chi connectivity index (χ2v) is 5.66. The van der Waals surface area contributed by atoms with Crippen LogP contribution in [0.3, 0.4) is 0 Å². The third-order valence-corrected chi connectivity index (χ3v) is 3.77.